The maximum Gasteiger partial charge on any atom is 0.223 e. The van der Waals surface area contributed by atoms with Gasteiger partial charge in [-0.05, 0) is 87.2 Å². The van der Waals surface area contributed by atoms with Crippen LogP contribution in [0.3, 0.4) is 0 Å². The first-order valence-corrected chi connectivity index (χ1v) is 15.7. The van der Waals surface area contributed by atoms with Crippen LogP contribution in [0, 0.1) is 17.8 Å². The highest BCUT2D eigenvalue weighted by atomic mass is 32.1. The van der Waals surface area contributed by atoms with Crippen LogP contribution in [0.25, 0.3) is 11.0 Å². The summed E-state index contributed by atoms with van der Waals surface area (Å²) in [6.45, 7) is 11.5. The number of aromatic nitrogens is 2. The molecule has 1 aliphatic rings. The number of likely N-dealkylation sites (tertiary alicyclic amines) is 1. The molecule has 2 atom stereocenters. The molecule has 1 fully saturated rings. The Bertz CT molecular complexity index is 1230. The Balaban J connectivity index is 1.52. The summed E-state index contributed by atoms with van der Waals surface area (Å²) in [5.41, 5.74) is 2.60. The molecule has 7 heteroatoms. The van der Waals surface area contributed by atoms with E-state index in [1.807, 2.05) is 12.1 Å². The van der Waals surface area contributed by atoms with E-state index < -0.39 is 0 Å². The molecule has 39 heavy (non-hydrogen) atoms. The van der Waals surface area contributed by atoms with Crippen molar-refractivity contribution in [1.82, 2.24) is 19.8 Å². The van der Waals surface area contributed by atoms with Gasteiger partial charge in [0.1, 0.15) is 5.82 Å². The van der Waals surface area contributed by atoms with Crippen molar-refractivity contribution < 1.29 is 9.59 Å². The zero-order valence-corrected chi connectivity index (χ0v) is 25.2. The van der Waals surface area contributed by atoms with E-state index in [9.17, 15) is 9.59 Å². The van der Waals surface area contributed by atoms with Crippen LogP contribution in [-0.4, -0.2) is 52.8 Å². The van der Waals surface area contributed by atoms with Gasteiger partial charge in [-0.1, -0.05) is 33.8 Å². The SMILES string of the molecule is CCC(CC)n1c(Cc2cccs2)nc2cc(C(=O)C[C@@H](CC(C)C)C(=O)NCC3CCCN(C)C3)ccc21. The molecular formula is C32H46N4O2S. The van der Waals surface area contributed by atoms with Crippen molar-refractivity contribution in [3.05, 3.63) is 52.0 Å². The van der Waals surface area contributed by atoms with E-state index in [-0.39, 0.29) is 24.0 Å². The second kappa shape index (κ2) is 13.7. The molecular weight excluding hydrogens is 504 g/mol. The van der Waals surface area contributed by atoms with Gasteiger partial charge < -0.3 is 14.8 Å². The van der Waals surface area contributed by atoms with Gasteiger partial charge in [-0.25, -0.2) is 4.98 Å². The Kier molecular flexibility index (Phi) is 10.4. The smallest absolute Gasteiger partial charge is 0.223 e. The number of nitrogens with one attached hydrogen (secondary N) is 1. The molecule has 1 saturated heterocycles. The molecule has 4 rings (SSSR count). The summed E-state index contributed by atoms with van der Waals surface area (Å²) < 4.78 is 2.38. The molecule has 0 aliphatic carbocycles. The fraction of sp³-hybridized carbons (Fsp3) is 0.594. The topological polar surface area (TPSA) is 67.2 Å². The Morgan fingerprint density at radius 2 is 1.97 bits per heavy atom. The van der Waals surface area contributed by atoms with Crippen molar-refractivity contribution in [2.45, 2.75) is 78.7 Å². The molecule has 1 unspecified atom stereocenters. The number of fused-ring (bicyclic) bond motifs is 1. The minimum Gasteiger partial charge on any atom is -0.356 e. The second-order valence-electron chi connectivity index (χ2n) is 11.8. The van der Waals surface area contributed by atoms with Crippen LogP contribution in [0.4, 0.5) is 0 Å². The highest BCUT2D eigenvalue weighted by Crippen LogP contribution is 2.29. The van der Waals surface area contributed by atoms with Crippen molar-refractivity contribution >= 4 is 34.1 Å². The number of Topliss-reactive ketones (excluding diaryl/α,β-unsaturated/α-hetero) is 1. The summed E-state index contributed by atoms with van der Waals surface area (Å²) in [5.74, 6) is 1.60. The number of ketones is 1. The molecule has 1 aromatic carbocycles. The van der Waals surface area contributed by atoms with Gasteiger partial charge in [-0.3, -0.25) is 9.59 Å². The number of hydrogen-bond acceptors (Lipinski definition) is 5. The summed E-state index contributed by atoms with van der Waals surface area (Å²) >= 11 is 1.75. The zero-order chi connectivity index (χ0) is 27.9. The highest BCUT2D eigenvalue weighted by molar-refractivity contribution is 7.09. The Hall–Kier alpha value is -2.51. The molecule has 1 amide bonds. The van der Waals surface area contributed by atoms with Gasteiger partial charge in [0.2, 0.25) is 5.91 Å². The monoisotopic (exact) mass is 550 g/mol. The van der Waals surface area contributed by atoms with Crippen LogP contribution in [-0.2, 0) is 11.2 Å². The molecule has 0 spiro atoms. The largest absolute Gasteiger partial charge is 0.356 e. The molecule has 6 nitrogen and oxygen atoms in total. The van der Waals surface area contributed by atoms with Crippen LogP contribution in [0.1, 0.15) is 93.3 Å². The van der Waals surface area contributed by atoms with Crippen molar-refractivity contribution in [1.29, 1.82) is 0 Å². The first-order valence-electron chi connectivity index (χ1n) is 14.8. The lowest BCUT2D eigenvalue weighted by Gasteiger charge is -2.30. The Morgan fingerprint density at radius 3 is 2.64 bits per heavy atom. The van der Waals surface area contributed by atoms with Gasteiger partial charge in [0.05, 0.1) is 11.0 Å². The van der Waals surface area contributed by atoms with E-state index in [2.05, 4.69) is 73.1 Å². The van der Waals surface area contributed by atoms with E-state index >= 15 is 0 Å². The predicted octanol–water partition coefficient (Wildman–Crippen LogP) is 6.74. The van der Waals surface area contributed by atoms with Crippen LogP contribution in [0.15, 0.2) is 35.7 Å². The van der Waals surface area contributed by atoms with Crippen molar-refractivity contribution in [2.75, 3.05) is 26.7 Å². The summed E-state index contributed by atoms with van der Waals surface area (Å²) in [6.07, 6.45) is 6.12. The zero-order valence-electron chi connectivity index (χ0n) is 24.4. The quantitative estimate of drug-likeness (QED) is 0.239. The maximum absolute atomic E-state index is 13.5. The molecule has 1 N–H and O–H groups in total. The molecule has 0 radical (unpaired) electrons. The van der Waals surface area contributed by atoms with Gasteiger partial charge in [-0.2, -0.15) is 0 Å². The van der Waals surface area contributed by atoms with Gasteiger partial charge >= 0.3 is 0 Å². The average molecular weight is 551 g/mol. The Morgan fingerprint density at radius 1 is 1.18 bits per heavy atom. The van der Waals surface area contributed by atoms with E-state index in [4.69, 9.17) is 4.98 Å². The molecule has 0 saturated carbocycles. The summed E-state index contributed by atoms with van der Waals surface area (Å²) in [5, 5.41) is 5.29. The second-order valence-corrected chi connectivity index (χ2v) is 12.8. The number of hydrogen-bond donors (Lipinski definition) is 1. The standard InChI is InChI=1S/C32H46N4O2S/c1-6-26(7-2)36-29-13-12-24(17-28(29)34-31(36)19-27-11-9-15-39-27)30(37)18-25(16-22(3)4)32(38)33-20-23-10-8-14-35(5)21-23/h9,11-13,15,17,22-23,25-26H,6-8,10,14,16,18-21H2,1-5H3,(H,33,38)/t23?,25-/m1/s1. The van der Waals surface area contributed by atoms with E-state index in [0.717, 1.165) is 55.6 Å². The Labute approximate surface area is 238 Å². The molecule has 212 valence electrons. The number of carbonyl (C=O) groups is 2. The number of rotatable bonds is 13. The van der Waals surface area contributed by atoms with Gasteiger partial charge in [-0.15, -0.1) is 11.3 Å². The van der Waals surface area contributed by atoms with Gasteiger partial charge in [0.15, 0.2) is 5.78 Å². The average Bonchev–Trinajstić information content (AvgIpc) is 3.55. The molecule has 3 aromatic rings. The number of nitrogens with zero attached hydrogens (tertiary/aromatic N) is 3. The molecule has 2 aromatic heterocycles. The lowest BCUT2D eigenvalue weighted by atomic mass is 9.89. The van der Waals surface area contributed by atoms with E-state index in [1.165, 1.54) is 11.3 Å². The number of thiophene rings is 1. The first-order chi connectivity index (χ1) is 18.8. The highest BCUT2D eigenvalue weighted by Gasteiger charge is 2.26. The number of amides is 1. The summed E-state index contributed by atoms with van der Waals surface area (Å²) in [7, 11) is 2.14. The van der Waals surface area contributed by atoms with E-state index in [1.54, 1.807) is 11.3 Å². The summed E-state index contributed by atoms with van der Waals surface area (Å²) in [4.78, 5) is 35.4. The number of benzene rings is 1. The molecule has 0 bridgehead atoms. The molecule has 3 heterocycles. The van der Waals surface area contributed by atoms with Crippen LogP contribution in [0.2, 0.25) is 0 Å². The van der Waals surface area contributed by atoms with Crippen LogP contribution in [0.5, 0.6) is 0 Å². The van der Waals surface area contributed by atoms with Gasteiger partial charge in [0, 0.05) is 48.3 Å². The lowest BCUT2D eigenvalue weighted by molar-refractivity contribution is -0.125. The van der Waals surface area contributed by atoms with Crippen LogP contribution >= 0.6 is 11.3 Å². The lowest BCUT2D eigenvalue weighted by Crippen LogP contribution is -2.41. The number of carbonyl (C=O) groups excluding carboxylic acids is 2. The van der Waals surface area contributed by atoms with Crippen molar-refractivity contribution in [3.63, 3.8) is 0 Å². The van der Waals surface area contributed by atoms with E-state index in [0.29, 0.717) is 36.4 Å². The summed E-state index contributed by atoms with van der Waals surface area (Å²) in [6, 6.07) is 10.5. The van der Waals surface area contributed by atoms with Crippen molar-refractivity contribution in [3.8, 4) is 0 Å². The third-order valence-corrected chi connectivity index (χ3v) is 9.03. The minimum atomic E-state index is -0.314. The van der Waals surface area contributed by atoms with Gasteiger partial charge in [0.25, 0.3) is 0 Å². The molecule has 1 aliphatic heterocycles. The first kappa shape index (κ1) is 29.5. The van der Waals surface area contributed by atoms with Crippen LogP contribution < -0.4 is 5.32 Å². The third kappa shape index (κ3) is 7.57. The third-order valence-electron chi connectivity index (χ3n) is 8.15. The fourth-order valence-electron chi connectivity index (χ4n) is 6.10. The normalized spacial score (nSPS) is 17.3. The minimum absolute atomic E-state index is 0.0163. The number of imidazole rings is 1. The fourth-order valence-corrected chi connectivity index (χ4v) is 6.80. The maximum atomic E-state index is 13.5. The predicted molar refractivity (Wildman–Crippen MR) is 162 cm³/mol. The van der Waals surface area contributed by atoms with Crippen molar-refractivity contribution in [2.24, 2.45) is 17.8 Å². The number of piperidine rings is 1.